The first-order valence-corrected chi connectivity index (χ1v) is 6.07. The zero-order valence-electron chi connectivity index (χ0n) is 11.6. The van der Waals surface area contributed by atoms with Crippen molar-refractivity contribution >= 4 is 5.69 Å². The maximum absolute atomic E-state index is 5.80. The molecule has 0 fully saturated rings. The number of hydrogen-bond acceptors (Lipinski definition) is 3. The van der Waals surface area contributed by atoms with Crippen molar-refractivity contribution in [1.29, 1.82) is 0 Å². The van der Waals surface area contributed by atoms with Gasteiger partial charge in [-0.15, -0.1) is 0 Å². The van der Waals surface area contributed by atoms with Gasteiger partial charge in [-0.2, -0.15) is 0 Å². The number of nitrogens with two attached hydrogens (primary N) is 1. The summed E-state index contributed by atoms with van der Waals surface area (Å²) in [5.41, 5.74) is 8.20. The Morgan fingerprint density at radius 2 is 2.00 bits per heavy atom. The number of rotatable bonds is 5. The minimum Gasteiger partial charge on any atom is -0.497 e. The molecule has 1 rings (SSSR count). The summed E-state index contributed by atoms with van der Waals surface area (Å²) in [6.45, 7) is 7.20. The normalized spacial score (nSPS) is 11.4. The Labute approximate surface area is 105 Å². The van der Waals surface area contributed by atoms with Crippen LogP contribution in [0.2, 0.25) is 0 Å². The fraction of sp³-hybridized carbons (Fsp3) is 0.571. The number of ether oxygens (including phenoxy) is 1. The number of methoxy groups -OCH3 is 1. The number of benzene rings is 1. The second-order valence-electron chi connectivity index (χ2n) is 4.92. The van der Waals surface area contributed by atoms with Gasteiger partial charge < -0.3 is 15.4 Å². The average molecular weight is 236 g/mol. The summed E-state index contributed by atoms with van der Waals surface area (Å²) in [5.74, 6) is 0.871. The van der Waals surface area contributed by atoms with E-state index in [1.54, 1.807) is 7.11 Å². The van der Waals surface area contributed by atoms with Crippen molar-refractivity contribution in [3.05, 3.63) is 23.8 Å². The summed E-state index contributed by atoms with van der Waals surface area (Å²) < 4.78 is 5.28. The van der Waals surface area contributed by atoms with Gasteiger partial charge in [0.15, 0.2) is 0 Å². The van der Waals surface area contributed by atoms with Gasteiger partial charge >= 0.3 is 0 Å². The number of hydrogen-bond donors (Lipinski definition) is 1. The molecular formula is C14H24N2O. The molecule has 0 atom stereocenters. The van der Waals surface area contributed by atoms with Gasteiger partial charge in [0.2, 0.25) is 0 Å². The van der Waals surface area contributed by atoms with E-state index in [9.17, 15) is 0 Å². The lowest BCUT2D eigenvalue weighted by Crippen LogP contribution is -2.41. The van der Waals surface area contributed by atoms with Crippen LogP contribution in [-0.4, -0.2) is 19.7 Å². The molecule has 0 saturated carbocycles. The number of nitrogens with zero attached hydrogens (tertiary/aromatic N) is 1. The lowest BCUT2D eigenvalue weighted by molar-refractivity contribution is 0.413. The molecular weight excluding hydrogens is 212 g/mol. The Kier molecular flexibility index (Phi) is 4.40. The van der Waals surface area contributed by atoms with Crippen molar-refractivity contribution in [2.45, 2.75) is 39.3 Å². The average Bonchev–Trinajstić information content (AvgIpc) is 2.36. The molecule has 17 heavy (non-hydrogen) atoms. The molecule has 1 aromatic rings. The fourth-order valence-electron chi connectivity index (χ4n) is 1.72. The highest BCUT2D eigenvalue weighted by Gasteiger charge is 2.23. The van der Waals surface area contributed by atoms with Gasteiger partial charge in [0.25, 0.3) is 0 Å². The third-order valence-electron chi connectivity index (χ3n) is 3.65. The van der Waals surface area contributed by atoms with Crippen LogP contribution in [-0.2, 0) is 6.54 Å². The highest BCUT2D eigenvalue weighted by molar-refractivity contribution is 5.58. The van der Waals surface area contributed by atoms with E-state index >= 15 is 0 Å². The maximum atomic E-state index is 5.80. The zero-order chi connectivity index (χ0) is 13.1. The molecule has 3 nitrogen and oxygen atoms in total. The molecule has 3 heteroatoms. The molecule has 1 aromatic carbocycles. The van der Waals surface area contributed by atoms with E-state index in [1.165, 1.54) is 0 Å². The third kappa shape index (κ3) is 2.91. The number of anilines is 1. The summed E-state index contributed by atoms with van der Waals surface area (Å²) in [7, 11) is 3.80. The Bertz CT molecular complexity index is 374. The van der Waals surface area contributed by atoms with Crippen LogP contribution in [0.5, 0.6) is 5.75 Å². The zero-order valence-corrected chi connectivity index (χ0v) is 11.6. The molecule has 96 valence electrons. The Hall–Kier alpha value is -1.22. The van der Waals surface area contributed by atoms with E-state index in [4.69, 9.17) is 10.5 Å². The van der Waals surface area contributed by atoms with Crippen LogP contribution in [0.4, 0.5) is 5.69 Å². The van der Waals surface area contributed by atoms with Crippen molar-refractivity contribution in [2.24, 2.45) is 5.73 Å². The van der Waals surface area contributed by atoms with Crippen LogP contribution in [0, 0.1) is 0 Å². The first-order chi connectivity index (χ1) is 7.96. The molecule has 0 bridgehead atoms. The van der Waals surface area contributed by atoms with E-state index in [-0.39, 0.29) is 5.54 Å². The van der Waals surface area contributed by atoms with Crippen molar-refractivity contribution < 1.29 is 4.74 Å². The first kappa shape index (κ1) is 13.8. The SMILES string of the molecule is CCC(C)(C)N(C)c1cc(OC)ccc1CN. The van der Waals surface area contributed by atoms with E-state index in [1.807, 2.05) is 12.1 Å². The van der Waals surface area contributed by atoms with Crippen LogP contribution in [0.1, 0.15) is 32.8 Å². The molecule has 0 spiro atoms. The van der Waals surface area contributed by atoms with Crippen LogP contribution in [0.25, 0.3) is 0 Å². The molecule has 0 aliphatic rings. The minimum absolute atomic E-state index is 0.107. The minimum atomic E-state index is 0.107. The Morgan fingerprint density at radius 1 is 1.35 bits per heavy atom. The molecule has 0 heterocycles. The predicted octanol–water partition coefficient (Wildman–Crippen LogP) is 2.78. The lowest BCUT2D eigenvalue weighted by atomic mass is 9.98. The summed E-state index contributed by atoms with van der Waals surface area (Å²) in [6, 6.07) is 6.05. The van der Waals surface area contributed by atoms with Crippen LogP contribution in [0.15, 0.2) is 18.2 Å². The fourth-order valence-corrected chi connectivity index (χ4v) is 1.72. The maximum Gasteiger partial charge on any atom is 0.120 e. The van der Waals surface area contributed by atoms with E-state index < -0.39 is 0 Å². The smallest absolute Gasteiger partial charge is 0.120 e. The monoisotopic (exact) mass is 236 g/mol. The lowest BCUT2D eigenvalue weighted by Gasteiger charge is -2.38. The quantitative estimate of drug-likeness (QED) is 0.854. The van der Waals surface area contributed by atoms with E-state index in [2.05, 4.69) is 38.8 Å². The molecule has 0 saturated heterocycles. The van der Waals surface area contributed by atoms with Gasteiger partial charge in [-0.3, -0.25) is 0 Å². The van der Waals surface area contributed by atoms with Crippen LogP contribution in [0.3, 0.4) is 0 Å². The van der Waals surface area contributed by atoms with Gasteiger partial charge in [-0.05, 0) is 31.9 Å². The summed E-state index contributed by atoms with van der Waals surface area (Å²) in [5, 5.41) is 0. The molecule has 2 N–H and O–H groups in total. The largest absolute Gasteiger partial charge is 0.497 e. The molecule has 0 radical (unpaired) electrons. The van der Waals surface area contributed by atoms with E-state index in [0.717, 1.165) is 23.4 Å². The highest BCUT2D eigenvalue weighted by atomic mass is 16.5. The van der Waals surface area contributed by atoms with Gasteiger partial charge in [-0.25, -0.2) is 0 Å². The second-order valence-corrected chi connectivity index (χ2v) is 4.92. The topological polar surface area (TPSA) is 38.5 Å². The first-order valence-electron chi connectivity index (χ1n) is 6.07. The van der Waals surface area contributed by atoms with Crippen molar-refractivity contribution in [1.82, 2.24) is 0 Å². The van der Waals surface area contributed by atoms with Gasteiger partial charge in [0.1, 0.15) is 5.75 Å². The standard InChI is InChI=1S/C14H24N2O/c1-6-14(2,3)16(4)13-9-12(17-5)8-7-11(13)10-15/h7-9H,6,10,15H2,1-5H3. The predicted molar refractivity (Wildman–Crippen MR) is 73.7 cm³/mol. The van der Waals surface area contributed by atoms with Crippen LogP contribution >= 0.6 is 0 Å². The molecule has 0 unspecified atom stereocenters. The van der Waals surface area contributed by atoms with Crippen LogP contribution < -0.4 is 15.4 Å². The van der Waals surface area contributed by atoms with Gasteiger partial charge in [-0.1, -0.05) is 13.0 Å². The molecule has 0 aromatic heterocycles. The molecule has 0 amide bonds. The molecule has 0 aliphatic carbocycles. The van der Waals surface area contributed by atoms with E-state index in [0.29, 0.717) is 6.54 Å². The van der Waals surface area contributed by atoms with Crippen molar-refractivity contribution in [3.8, 4) is 5.75 Å². The summed E-state index contributed by atoms with van der Waals surface area (Å²) in [6.07, 6.45) is 1.07. The van der Waals surface area contributed by atoms with Gasteiger partial charge in [0, 0.05) is 30.9 Å². The van der Waals surface area contributed by atoms with Crippen molar-refractivity contribution in [3.63, 3.8) is 0 Å². The Balaban J connectivity index is 3.18. The van der Waals surface area contributed by atoms with Crippen molar-refractivity contribution in [2.75, 3.05) is 19.1 Å². The molecule has 0 aliphatic heterocycles. The summed E-state index contributed by atoms with van der Waals surface area (Å²) >= 11 is 0. The van der Waals surface area contributed by atoms with Gasteiger partial charge in [0.05, 0.1) is 7.11 Å². The second kappa shape index (κ2) is 5.41. The third-order valence-corrected chi connectivity index (χ3v) is 3.65. The highest BCUT2D eigenvalue weighted by Crippen LogP contribution is 2.31. The Morgan fingerprint density at radius 3 is 2.47 bits per heavy atom. The summed E-state index contributed by atoms with van der Waals surface area (Å²) in [4.78, 5) is 2.28.